The van der Waals surface area contributed by atoms with Crippen molar-refractivity contribution in [2.45, 2.75) is 39.5 Å². The molecule has 0 spiro atoms. The van der Waals surface area contributed by atoms with Gasteiger partial charge in [-0.1, -0.05) is 6.07 Å². The number of methoxy groups -OCH3 is 1. The highest BCUT2D eigenvalue weighted by Crippen LogP contribution is 2.21. The first-order valence-electron chi connectivity index (χ1n) is 9.33. The molecule has 2 heterocycles. The lowest BCUT2D eigenvalue weighted by Gasteiger charge is -2.21. The van der Waals surface area contributed by atoms with Crippen LogP contribution in [0.4, 0.5) is 4.79 Å². The van der Waals surface area contributed by atoms with E-state index in [4.69, 9.17) is 4.74 Å². The molecule has 3 rings (SSSR count). The highest BCUT2D eigenvalue weighted by molar-refractivity contribution is 5.73. The summed E-state index contributed by atoms with van der Waals surface area (Å²) < 4.78 is 7.39. The van der Waals surface area contributed by atoms with Gasteiger partial charge in [0.1, 0.15) is 5.75 Å². The van der Waals surface area contributed by atoms with Gasteiger partial charge in [0.25, 0.3) is 0 Å². The molecule has 1 N–H and O–H groups in total. The highest BCUT2D eigenvalue weighted by Gasteiger charge is 2.18. The van der Waals surface area contributed by atoms with E-state index in [1.807, 2.05) is 6.07 Å². The van der Waals surface area contributed by atoms with Gasteiger partial charge in [-0.25, -0.2) is 4.79 Å². The number of carbonyl (C=O) groups is 1. The number of rotatable bonds is 5. The molecule has 0 atom stereocenters. The summed E-state index contributed by atoms with van der Waals surface area (Å²) >= 11 is 0. The summed E-state index contributed by atoms with van der Waals surface area (Å²) in [5, 5.41) is 7.54. The first kappa shape index (κ1) is 19.2. The van der Waals surface area contributed by atoms with Crippen LogP contribution in [0.3, 0.4) is 0 Å². The van der Waals surface area contributed by atoms with Crippen LogP contribution in [0.2, 0.25) is 0 Å². The fraction of sp³-hybridized carbons (Fsp3) is 0.500. The Labute approximate surface area is 160 Å². The molecule has 0 bridgehead atoms. The van der Waals surface area contributed by atoms with Crippen molar-refractivity contribution in [3.8, 4) is 5.75 Å². The third kappa shape index (κ3) is 4.80. The maximum Gasteiger partial charge on any atom is 0.317 e. The van der Waals surface area contributed by atoms with Crippen LogP contribution in [-0.4, -0.2) is 53.4 Å². The van der Waals surface area contributed by atoms with E-state index in [2.05, 4.69) is 45.1 Å². The predicted octanol–water partition coefficient (Wildman–Crippen LogP) is 2.38. The van der Waals surface area contributed by atoms with Gasteiger partial charge >= 0.3 is 6.03 Å². The van der Waals surface area contributed by atoms with E-state index >= 15 is 0 Å². The van der Waals surface area contributed by atoms with Gasteiger partial charge < -0.3 is 15.0 Å². The Morgan fingerprint density at radius 3 is 2.81 bits per heavy atom. The van der Waals surface area contributed by atoms with Gasteiger partial charge in [0, 0.05) is 40.3 Å². The molecule has 27 heavy (non-hydrogen) atoms. The van der Waals surface area contributed by atoms with Crippen LogP contribution in [-0.2, 0) is 26.2 Å². The number of ether oxygens (including phenoxy) is 1. The van der Waals surface area contributed by atoms with Gasteiger partial charge in [-0.15, -0.1) is 0 Å². The molecule has 0 aliphatic carbocycles. The summed E-state index contributed by atoms with van der Waals surface area (Å²) in [4.78, 5) is 15.7. The molecule has 2 aromatic rings. The Hall–Kier alpha value is -2.54. The van der Waals surface area contributed by atoms with Crippen molar-refractivity contribution in [2.24, 2.45) is 0 Å². The first-order valence-corrected chi connectivity index (χ1v) is 9.33. The summed E-state index contributed by atoms with van der Waals surface area (Å²) in [5.74, 6) is 0.898. The van der Waals surface area contributed by atoms with E-state index in [0.717, 1.165) is 44.0 Å². The molecular formula is C20H29N5O2. The predicted molar refractivity (Wildman–Crippen MR) is 105 cm³/mol. The number of hydrogen-bond donors (Lipinski definition) is 1. The molecule has 1 aliphatic rings. The largest absolute Gasteiger partial charge is 0.497 e. The zero-order chi connectivity index (χ0) is 19.4. The van der Waals surface area contributed by atoms with Crippen molar-refractivity contribution in [3.63, 3.8) is 0 Å². The Kier molecular flexibility index (Phi) is 6.01. The minimum atomic E-state index is -0.102. The molecule has 0 saturated carbocycles. The van der Waals surface area contributed by atoms with Crippen LogP contribution in [0.1, 0.15) is 28.9 Å². The van der Waals surface area contributed by atoms with Crippen molar-refractivity contribution >= 4 is 6.03 Å². The van der Waals surface area contributed by atoms with E-state index in [-0.39, 0.29) is 6.03 Å². The fourth-order valence-corrected chi connectivity index (χ4v) is 3.35. The molecule has 146 valence electrons. The zero-order valence-electron chi connectivity index (χ0n) is 16.7. The fourth-order valence-electron chi connectivity index (χ4n) is 3.35. The quantitative estimate of drug-likeness (QED) is 0.877. The minimum absolute atomic E-state index is 0.102. The summed E-state index contributed by atoms with van der Waals surface area (Å²) in [7, 11) is 5.16. The van der Waals surface area contributed by atoms with Crippen LogP contribution in [0, 0.1) is 6.92 Å². The Morgan fingerprint density at radius 2 is 2.11 bits per heavy atom. The van der Waals surface area contributed by atoms with E-state index in [9.17, 15) is 4.79 Å². The molecule has 0 unspecified atom stereocenters. The van der Waals surface area contributed by atoms with Crippen LogP contribution < -0.4 is 10.1 Å². The molecule has 7 nitrogen and oxygen atoms in total. The third-order valence-electron chi connectivity index (χ3n) is 4.91. The number of urea groups is 1. The second kappa shape index (κ2) is 8.43. The SMILES string of the molecule is COc1ccc(CN2CCCn3nc(CNC(=O)N(C)C)cc3C2)c(C)c1. The smallest absolute Gasteiger partial charge is 0.317 e. The second-order valence-electron chi connectivity index (χ2n) is 7.26. The van der Waals surface area contributed by atoms with Crippen molar-refractivity contribution in [3.05, 3.63) is 46.8 Å². The Morgan fingerprint density at radius 1 is 1.30 bits per heavy atom. The van der Waals surface area contributed by atoms with E-state index in [0.29, 0.717) is 6.54 Å². The number of benzene rings is 1. The number of aryl methyl sites for hydroxylation is 2. The standard InChI is InChI=1S/C20H29N5O2/c1-15-10-19(27-4)7-6-16(15)13-24-8-5-9-25-18(14-24)11-17(22-25)12-21-20(26)23(2)3/h6-7,10-11H,5,8-9,12-14H2,1-4H3,(H,21,26). The third-order valence-corrected chi connectivity index (χ3v) is 4.91. The molecule has 0 saturated heterocycles. The topological polar surface area (TPSA) is 62.6 Å². The van der Waals surface area contributed by atoms with Crippen LogP contribution in [0.5, 0.6) is 5.75 Å². The van der Waals surface area contributed by atoms with E-state index in [1.165, 1.54) is 21.7 Å². The Bertz CT molecular complexity index is 800. The number of fused-ring (bicyclic) bond motifs is 1. The van der Waals surface area contributed by atoms with Crippen molar-refractivity contribution in [1.82, 2.24) is 24.9 Å². The number of aromatic nitrogens is 2. The van der Waals surface area contributed by atoms with Gasteiger partial charge in [0.2, 0.25) is 0 Å². The highest BCUT2D eigenvalue weighted by atomic mass is 16.5. The molecule has 1 aromatic heterocycles. The molecule has 0 radical (unpaired) electrons. The molecule has 7 heteroatoms. The maximum atomic E-state index is 11.7. The number of nitrogens with one attached hydrogen (secondary N) is 1. The maximum absolute atomic E-state index is 11.7. The average Bonchev–Trinajstić information content (AvgIpc) is 2.92. The number of amides is 2. The normalized spacial score (nSPS) is 14.4. The number of hydrogen-bond acceptors (Lipinski definition) is 4. The lowest BCUT2D eigenvalue weighted by atomic mass is 10.1. The van der Waals surface area contributed by atoms with Gasteiger partial charge in [-0.05, 0) is 42.7 Å². The van der Waals surface area contributed by atoms with Crippen molar-refractivity contribution in [1.29, 1.82) is 0 Å². The van der Waals surface area contributed by atoms with Crippen LogP contribution >= 0.6 is 0 Å². The molecule has 2 amide bonds. The molecule has 0 fully saturated rings. The minimum Gasteiger partial charge on any atom is -0.497 e. The van der Waals surface area contributed by atoms with Crippen molar-refractivity contribution in [2.75, 3.05) is 27.7 Å². The van der Waals surface area contributed by atoms with Crippen molar-refractivity contribution < 1.29 is 9.53 Å². The number of nitrogens with zero attached hydrogens (tertiary/aromatic N) is 4. The van der Waals surface area contributed by atoms with E-state index < -0.39 is 0 Å². The van der Waals surface area contributed by atoms with E-state index in [1.54, 1.807) is 21.2 Å². The lowest BCUT2D eigenvalue weighted by Crippen LogP contribution is -2.34. The molecular weight excluding hydrogens is 342 g/mol. The van der Waals surface area contributed by atoms with Crippen LogP contribution in [0.25, 0.3) is 0 Å². The monoisotopic (exact) mass is 371 g/mol. The van der Waals surface area contributed by atoms with Gasteiger partial charge in [-0.3, -0.25) is 9.58 Å². The summed E-state index contributed by atoms with van der Waals surface area (Å²) in [6.07, 6.45) is 1.06. The Balaban J connectivity index is 1.66. The zero-order valence-corrected chi connectivity index (χ0v) is 16.7. The molecule has 1 aliphatic heterocycles. The van der Waals surface area contributed by atoms with Crippen LogP contribution in [0.15, 0.2) is 24.3 Å². The first-order chi connectivity index (χ1) is 13.0. The molecule has 1 aromatic carbocycles. The van der Waals surface area contributed by atoms with Gasteiger partial charge in [0.05, 0.1) is 25.0 Å². The average molecular weight is 371 g/mol. The van der Waals surface area contributed by atoms with Gasteiger partial charge in [-0.2, -0.15) is 5.10 Å². The lowest BCUT2D eigenvalue weighted by molar-refractivity contribution is 0.217. The second-order valence-corrected chi connectivity index (χ2v) is 7.26. The number of carbonyl (C=O) groups excluding carboxylic acids is 1. The van der Waals surface area contributed by atoms with Gasteiger partial charge in [0.15, 0.2) is 0 Å². The summed E-state index contributed by atoms with van der Waals surface area (Å²) in [6, 6.07) is 8.27. The summed E-state index contributed by atoms with van der Waals surface area (Å²) in [6.45, 7) is 6.31. The summed E-state index contributed by atoms with van der Waals surface area (Å²) in [5.41, 5.74) is 4.68.